The highest BCUT2D eigenvalue weighted by molar-refractivity contribution is 7.90. The van der Waals surface area contributed by atoms with Gasteiger partial charge >= 0.3 is 6.09 Å². The third-order valence-corrected chi connectivity index (χ3v) is 15.5. The number of unbranched alkanes of at least 4 members (excludes halogenated alkanes) is 1. The van der Waals surface area contributed by atoms with Crippen molar-refractivity contribution in [2.75, 3.05) is 13.1 Å². The lowest BCUT2D eigenvalue weighted by molar-refractivity contribution is -0.0581. The first-order chi connectivity index (χ1) is 21.7. The number of amides is 1. The second-order valence-corrected chi connectivity index (χ2v) is 20.4. The van der Waals surface area contributed by atoms with Gasteiger partial charge in [-0.2, -0.15) is 0 Å². The molecule has 11 heteroatoms. The summed E-state index contributed by atoms with van der Waals surface area (Å²) in [6.45, 7) is 21.3. The molecule has 0 radical (unpaired) electrons. The molecule has 1 N–H and O–H groups in total. The fraction of sp³-hybridized carbons (Fsp3) is 0.571. The number of azide groups is 1. The Bertz CT molecular complexity index is 1290. The number of hydrogen-bond donors (Lipinski definition) is 1. The molecule has 2 aromatic rings. The van der Waals surface area contributed by atoms with Gasteiger partial charge in [-0.1, -0.05) is 99.5 Å². The van der Waals surface area contributed by atoms with Crippen LogP contribution in [0.5, 0.6) is 0 Å². The van der Waals surface area contributed by atoms with E-state index in [4.69, 9.17) is 14.7 Å². The maximum absolute atomic E-state index is 13.9. The SMILES string of the molecule is C=CC[C@@H](N[S+]([O-])C(C)(C)C)[C@H]1N(CCCCN=[N+]=[N-])C(=O)O[C@]1(C)[C@@H](CC)O[Si](c1ccccc1)(c1ccccc1)C(C)(C)C. The second kappa shape index (κ2) is 15.9. The van der Waals surface area contributed by atoms with Gasteiger partial charge in [-0.25, -0.2) is 4.79 Å². The standard InChI is InChI=1S/C35H53N5O4SSi/c1-10-20-29(38-45(42)33(3,4)5)31-35(9,43-32(41)40(31)26-19-18-25-37-39-36)30(11-2)44-46(34(6,7)8,27-21-14-12-15-22-27)28-23-16-13-17-24-28/h10,12-17,21-24,29-31,38H,1,11,18-20,25-26H2,2-9H3/t29-,30-,31-,35-,45?/m1/s1. The van der Waals surface area contributed by atoms with Crippen molar-refractivity contribution in [3.05, 3.63) is 83.8 Å². The fourth-order valence-corrected chi connectivity index (χ4v) is 12.3. The van der Waals surface area contributed by atoms with Gasteiger partial charge in [0.1, 0.15) is 4.75 Å². The first kappa shape index (κ1) is 37.7. The summed E-state index contributed by atoms with van der Waals surface area (Å²) in [6.07, 6.45) is 3.15. The van der Waals surface area contributed by atoms with Crippen LogP contribution in [0, 0.1) is 0 Å². The van der Waals surface area contributed by atoms with Crippen LogP contribution < -0.4 is 15.1 Å². The summed E-state index contributed by atoms with van der Waals surface area (Å²) in [6, 6.07) is 19.9. The summed E-state index contributed by atoms with van der Waals surface area (Å²) < 4.78 is 30.5. The van der Waals surface area contributed by atoms with Gasteiger partial charge in [0.15, 0.2) is 5.60 Å². The highest BCUT2D eigenvalue weighted by atomic mass is 32.2. The normalized spacial score (nSPS) is 20.8. The van der Waals surface area contributed by atoms with E-state index in [2.05, 4.69) is 97.6 Å². The number of nitrogens with zero attached hydrogens (tertiary/aromatic N) is 4. The number of ether oxygens (including phenoxy) is 1. The molecule has 1 aliphatic heterocycles. The molecule has 3 rings (SSSR count). The molecule has 1 amide bonds. The molecule has 1 fully saturated rings. The molecule has 1 saturated heterocycles. The van der Waals surface area contributed by atoms with Gasteiger partial charge in [0.25, 0.3) is 8.32 Å². The minimum atomic E-state index is -3.03. The van der Waals surface area contributed by atoms with Crippen molar-refractivity contribution >= 4 is 36.1 Å². The number of benzene rings is 2. The summed E-state index contributed by atoms with van der Waals surface area (Å²) >= 11 is -1.42. The number of nitrogens with one attached hydrogen (secondary N) is 1. The Morgan fingerprint density at radius 1 is 1.13 bits per heavy atom. The highest BCUT2D eigenvalue weighted by Gasteiger charge is 2.62. The largest absolute Gasteiger partial charge is 0.598 e. The van der Waals surface area contributed by atoms with E-state index in [0.717, 1.165) is 10.4 Å². The zero-order valence-corrected chi connectivity index (χ0v) is 30.7. The lowest BCUT2D eigenvalue weighted by Gasteiger charge is -2.49. The Hall–Kier alpha value is -2.79. The van der Waals surface area contributed by atoms with Crippen molar-refractivity contribution < 1.29 is 18.5 Å². The monoisotopic (exact) mass is 667 g/mol. The molecule has 46 heavy (non-hydrogen) atoms. The first-order valence-electron chi connectivity index (χ1n) is 16.3. The Kier molecular flexibility index (Phi) is 13.0. The van der Waals surface area contributed by atoms with E-state index in [1.54, 1.807) is 11.0 Å². The molecule has 1 unspecified atom stereocenters. The van der Waals surface area contributed by atoms with Crippen molar-refractivity contribution in [3.63, 3.8) is 0 Å². The zero-order chi connectivity index (χ0) is 34.2. The van der Waals surface area contributed by atoms with Crippen LogP contribution in [-0.2, 0) is 20.5 Å². The molecule has 1 heterocycles. The minimum absolute atomic E-state index is 0.287. The fourth-order valence-electron chi connectivity index (χ4n) is 6.59. The minimum Gasteiger partial charge on any atom is -0.598 e. The molecule has 2 aromatic carbocycles. The van der Waals surface area contributed by atoms with Gasteiger partial charge in [0, 0.05) is 29.4 Å². The molecule has 252 valence electrons. The Morgan fingerprint density at radius 2 is 1.70 bits per heavy atom. The van der Waals surface area contributed by atoms with Crippen molar-refractivity contribution in [2.45, 2.75) is 115 Å². The molecular formula is C35H53N5O4SSi. The Labute approximate surface area is 280 Å². The van der Waals surface area contributed by atoms with E-state index in [1.165, 1.54) is 0 Å². The molecule has 0 aromatic heterocycles. The van der Waals surface area contributed by atoms with Crippen molar-refractivity contribution in [1.29, 1.82) is 0 Å². The lowest BCUT2D eigenvalue weighted by Crippen LogP contribution is -2.71. The number of carbonyl (C=O) groups is 1. The zero-order valence-electron chi connectivity index (χ0n) is 28.9. The smallest absolute Gasteiger partial charge is 0.410 e. The number of carbonyl (C=O) groups excluding carboxylic acids is 1. The van der Waals surface area contributed by atoms with Crippen LogP contribution in [0.1, 0.15) is 81.1 Å². The maximum atomic E-state index is 13.9. The summed E-state index contributed by atoms with van der Waals surface area (Å²) in [5, 5.41) is 5.65. The summed E-state index contributed by atoms with van der Waals surface area (Å²) in [4.78, 5) is 18.5. The third-order valence-electron chi connectivity index (χ3n) is 8.80. The van der Waals surface area contributed by atoms with Crippen molar-refractivity contribution in [1.82, 2.24) is 9.62 Å². The number of rotatable bonds is 16. The van der Waals surface area contributed by atoms with E-state index in [-0.39, 0.29) is 5.04 Å². The van der Waals surface area contributed by atoms with E-state index in [0.29, 0.717) is 38.8 Å². The van der Waals surface area contributed by atoms with Crippen molar-refractivity contribution in [3.8, 4) is 0 Å². The second-order valence-electron chi connectivity index (χ2n) is 14.2. The van der Waals surface area contributed by atoms with E-state index in [1.807, 2.05) is 39.8 Å². The van der Waals surface area contributed by atoms with Crippen LogP contribution in [0.15, 0.2) is 78.4 Å². The van der Waals surface area contributed by atoms with Crippen LogP contribution in [0.25, 0.3) is 10.4 Å². The molecule has 0 spiro atoms. The van der Waals surface area contributed by atoms with E-state index in [9.17, 15) is 9.35 Å². The van der Waals surface area contributed by atoms with E-state index >= 15 is 0 Å². The van der Waals surface area contributed by atoms with E-state index < -0.39 is 54.3 Å². The van der Waals surface area contributed by atoms with Gasteiger partial charge in [-0.15, -0.1) is 11.3 Å². The van der Waals surface area contributed by atoms with Crippen LogP contribution in [0.2, 0.25) is 5.04 Å². The number of hydrogen-bond acceptors (Lipinski definition) is 6. The summed E-state index contributed by atoms with van der Waals surface area (Å²) in [7, 11) is -3.03. The van der Waals surface area contributed by atoms with Crippen LogP contribution in [0.4, 0.5) is 4.79 Å². The topological polar surface area (TPSA) is 123 Å². The van der Waals surface area contributed by atoms with Crippen LogP contribution >= 0.6 is 0 Å². The van der Waals surface area contributed by atoms with Gasteiger partial charge in [-0.05, 0) is 74.3 Å². The highest BCUT2D eigenvalue weighted by Crippen LogP contribution is 2.44. The molecule has 0 saturated carbocycles. The number of cyclic esters (lactones) is 1. The predicted octanol–water partition coefficient (Wildman–Crippen LogP) is 7.01. The third kappa shape index (κ3) is 8.19. The Balaban J connectivity index is 2.20. The predicted molar refractivity (Wildman–Crippen MR) is 191 cm³/mol. The Morgan fingerprint density at radius 3 is 2.15 bits per heavy atom. The molecule has 5 atom stereocenters. The average Bonchev–Trinajstić information content (AvgIpc) is 3.26. The van der Waals surface area contributed by atoms with Crippen LogP contribution in [-0.4, -0.2) is 65.5 Å². The lowest BCUT2D eigenvalue weighted by atomic mass is 9.83. The molecule has 1 aliphatic rings. The van der Waals surface area contributed by atoms with Gasteiger partial charge in [0.2, 0.25) is 0 Å². The van der Waals surface area contributed by atoms with Gasteiger partial charge in [0.05, 0.1) is 18.2 Å². The first-order valence-corrected chi connectivity index (χ1v) is 19.3. The maximum Gasteiger partial charge on any atom is 0.410 e. The molecular weight excluding hydrogens is 615 g/mol. The quantitative estimate of drug-likeness (QED) is 0.0393. The summed E-state index contributed by atoms with van der Waals surface area (Å²) in [5.41, 5.74) is 7.63. The molecule has 0 bridgehead atoms. The van der Waals surface area contributed by atoms with Gasteiger partial charge in [-0.3, -0.25) is 4.90 Å². The molecule has 9 nitrogen and oxygen atoms in total. The van der Waals surface area contributed by atoms with Crippen LogP contribution in [0.3, 0.4) is 0 Å². The van der Waals surface area contributed by atoms with Crippen molar-refractivity contribution in [2.24, 2.45) is 5.11 Å². The molecule has 0 aliphatic carbocycles. The summed E-state index contributed by atoms with van der Waals surface area (Å²) in [5.74, 6) is 0. The van der Waals surface area contributed by atoms with Gasteiger partial charge < -0.3 is 13.7 Å². The average molecular weight is 668 g/mol.